The van der Waals surface area contributed by atoms with Gasteiger partial charge in [0.15, 0.2) is 4.46 Å². The van der Waals surface area contributed by atoms with E-state index in [1.807, 2.05) is 0 Å². The van der Waals surface area contributed by atoms with E-state index in [0.717, 1.165) is 58.8 Å². The Hall–Kier alpha value is 0.939. The van der Waals surface area contributed by atoms with Crippen LogP contribution in [-0.4, -0.2) is 97.1 Å². The van der Waals surface area contributed by atoms with Gasteiger partial charge >= 0.3 is 17.1 Å². The van der Waals surface area contributed by atoms with Crippen LogP contribution in [0.4, 0.5) is 0 Å². The Labute approximate surface area is 150 Å². The fraction of sp³-hybridized carbons (Fsp3) is 1.00. The first-order valence-electron chi connectivity index (χ1n) is 7.70. The van der Waals surface area contributed by atoms with Gasteiger partial charge in [-0.3, -0.25) is 4.90 Å². The van der Waals surface area contributed by atoms with E-state index < -0.39 is 4.46 Å². The number of halogens is 2. The number of rotatable bonds is 0. The summed E-state index contributed by atoms with van der Waals surface area (Å²) < 4.78 is -0.739. The summed E-state index contributed by atoms with van der Waals surface area (Å²) in [6.45, 7) is 9.53. The Kier molecular flexibility index (Phi) is 8.84. The van der Waals surface area contributed by atoms with E-state index >= 15 is 0 Å². The zero-order chi connectivity index (χ0) is 14.6. The first kappa shape index (κ1) is 20.0. The molecule has 0 aromatic rings. The second kappa shape index (κ2) is 9.29. The molecule has 21 heavy (non-hydrogen) atoms. The normalized spacial score (nSPS) is 33.1. The molecular weight excluding hydrogens is 359 g/mol. The molecule has 2 fully saturated rings. The van der Waals surface area contributed by atoms with Crippen LogP contribution in [0, 0.1) is 0 Å². The molecule has 0 N–H and O–H groups in total. The van der Waals surface area contributed by atoms with Crippen LogP contribution in [0.2, 0.25) is 0 Å². The van der Waals surface area contributed by atoms with Crippen LogP contribution in [0.15, 0.2) is 0 Å². The van der Waals surface area contributed by atoms with E-state index in [0.29, 0.717) is 0 Å². The molecule has 2 bridgehead atoms. The van der Waals surface area contributed by atoms with Crippen LogP contribution in [0.5, 0.6) is 0 Å². The maximum Gasteiger partial charge on any atom is 2.00 e. The summed E-state index contributed by atoms with van der Waals surface area (Å²) in [5.74, 6) is 0. The summed E-state index contributed by atoms with van der Waals surface area (Å²) in [4.78, 5) is 9.54. The number of hydrogen-bond donors (Lipinski definition) is 0. The van der Waals surface area contributed by atoms with Crippen molar-refractivity contribution in [3.63, 3.8) is 0 Å². The van der Waals surface area contributed by atoms with Crippen molar-refractivity contribution in [3.8, 4) is 0 Å². The van der Waals surface area contributed by atoms with E-state index in [-0.39, 0.29) is 17.1 Å². The van der Waals surface area contributed by atoms with Crippen molar-refractivity contribution < 1.29 is 17.1 Å². The quantitative estimate of drug-likeness (QED) is 0.354. The molecule has 4 nitrogen and oxygen atoms in total. The van der Waals surface area contributed by atoms with Crippen molar-refractivity contribution in [3.05, 3.63) is 0 Å². The third kappa shape index (κ3) is 6.52. The molecule has 127 valence electrons. The maximum absolute atomic E-state index is 6.63. The Bertz CT molecular complexity index is 307. The second-order valence-corrected chi connectivity index (χ2v) is 7.65. The van der Waals surface area contributed by atoms with E-state index in [4.69, 9.17) is 23.2 Å². The van der Waals surface area contributed by atoms with Gasteiger partial charge in [0.25, 0.3) is 0 Å². The molecule has 1 radical (unpaired) electrons. The fourth-order valence-electron chi connectivity index (χ4n) is 2.91. The molecular formula is C14H28Cl2CuN4+2. The van der Waals surface area contributed by atoms with Gasteiger partial charge in [-0.05, 0) is 33.6 Å². The van der Waals surface area contributed by atoms with Gasteiger partial charge < -0.3 is 14.7 Å². The van der Waals surface area contributed by atoms with Crippen LogP contribution >= 0.6 is 23.2 Å². The minimum Gasteiger partial charge on any atom is -0.305 e. The summed E-state index contributed by atoms with van der Waals surface area (Å²) >= 11 is 13.3. The van der Waals surface area contributed by atoms with Crippen LogP contribution in [0.25, 0.3) is 0 Å². The van der Waals surface area contributed by atoms with Gasteiger partial charge in [0.1, 0.15) is 0 Å². The topological polar surface area (TPSA) is 13.0 Å². The monoisotopic (exact) mass is 385 g/mol. The number of hydrogen-bond acceptors (Lipinski definition) is 4. The van der Waals surface area contributed by atoms with Crippen LogP contribution in [0.3, 0.4) is 0 Å². The Morgan fingerprint density at radius 1 is 0.714 bits per heavy atom. The third-order valence-electron chi connectivity index (χ3n) is 4.51. The third-order valence-corrected chi connectivity index (χ3v) is 5.36. The molecule has 2 aliphatic rings. The van der Waals surface area contributed by atoms with Crippen LogP contribution in [-0.2, 0) is 17.1 Å². The summed E-state index contributed by atoms with van der Waals surface area (Å²) in [7, 11) is 4.35. The minimum atomic E-state index is -0.739. The Balaban J connectivity index is 0.00000220. The molecule has 0 saturated carbocycles. The standard InChI is InChI=1S/C14H28Cl2N4.Cu/c1-17-5-3-6-19-10-8-18(2)7-4-14(15,16)20(12-9-17)13-11-19;/h3-13H2,1-2H3;/q;+2. The first-order valence-corrected chi connectivity index (χ1v) is 8.45. The number of nitrogens with zero attached hydrogens (tertiary/aromatic N) is 4. The van der Waals surface area contributed by atoms with E-state index in [1.54, 1.807) is 0 Å². The van der Waals surface area contributed by atoms with Gasteiger partial charge in [0.05, 0.1) is 0 Å². The zero-order valence-corrected chi connectivity index (χ0v) is 15.6. The van der Waals surface area contributed by atoms with Crippen molar-refractivity contribution in [1.82, 2.24) is 19.6 Å². The van der Waals surface area contributed by atoms with Crippen LogP contribution in [0.1, 0.15) is 12.8 Å². The average Bonchev–Trinajstić information content (AvgIpc) is 2.40. The predicted molar refractivity (Wildman–Crippen MR) is 86.7 cm³/mol. The molecule has 0 aliphatic carbocycles. The molecule has 2 unspecified atom stereocenters. The van der Waals surface area contributed by atoms with Gasteiger partial charge in [-0.2, -0.15) is 0 Å². The SMILES string of the molecule is CN1CCCN2CCN(C)CCC(Cl)(Cl)N(CC1)CC2.[Cu+2]. The minimum absolute atomic E-state index is 0. The number of fused-ring (bicyclic) bond motifs is 3. The van der Waals surface area contributed by atoms with E-state index in [1.165, 1.54) is 13.0 Å². The molecule has 2 saturated heterocycles. The van der Waals surface area contributed by atoms with Gasteiger partial charge in [-0.25, -0.2) is 0 Å². The largest absolute Gasteiger partial charge is 2.00 e. The fourth-order valence-corrected chi connectivity index (χ4v) is 3.42. The molecule has 2 atom stereocenters. The summed E-state index contributed by atoms with van der Waals surface area (Å²) in [6.07, 6.45) is 2.05. The summed E-state index contributed by atoms with van der Waals surface area (Å²) in [5, 5.41) is 0. The first-order chi connectivity index (χ1) is 9.47. The molecule has 0 aromatic carbocycles. The number of alkyl halides is 2. The van der Waals surface area contributed by atoms with Crippen molar-refractivity contribution in [1.29, 1.82) is 0 Å². The maximum atomic E-state index is 6.63. The van der Waals surface area contributed by atoms with Crippen molar-refractivity contribution in [2.24, 2.45) is 0 Å². The molecule has 2 rings (SSSR count). The van der Waals surface area contributed by atoms with Crippen molar-refractivity contribution in [2.45, 2.75) is 17.3 Å². The smallest absolute Gasteiger partial charge is 0.305 e. The zero-order valence-electron chi connectivity index (χ0n) is 13.1. The van der Waals surface area contributed by atoms with Crippen molar-refractivity contribution in [2.75, 3.05) is 73.0 Å². The van der Waals surface area contributed by atoms with Gasteiger partial charge in [0.2, 0.25) is 0 Å². The van der Waals surface area contributed by atoms with Gasteiger partial charge in [0, 0.05) is 52.2 Å². The molecule has 0 amide bonds. The Morgan fingerprint density at radius 3 is 2.05 bits per heavy atom. The Morgan fingerprint density at radius 2 is 1.29 bits per heavy atom. The molecule has 7 heteroatoms. The molecule has 0 spiro atoms. The predicted octanol–water partition coefficient (Wildman–Crippen LogP) is 1.39. The van der Waals surface area contributed by atoms with E-state index in [2.05, 4.69) is 33.7 Å². The van der Waals surface area contributed by atoms with Crippen LogP contribution < -0.4 is 0 Å². The number of likely N-dealkylation sites (N-methyl/N-ethyl adjacent to an activating group) is 2. The molecule has 0 aromatic heterocycles. The molecule has 2 aliphatic heterocycles. The summed E-state index contributed by atoms with van der Waals surface area (Å²) in [6, 6.07) is 0. The second-order valence-electron chi connectivity index (χ2n) is 6.20. The van der Waals surface area contributed by atoms with E-state index in [9.17, 15) is 0 Å². The average molecular weight is 387 g/mol. The van der Waals surface area contributed by atoms with Gasteiger partial charge in [-0.1, -0.05) is 23.2 Å². The van der Waals surface area contributed by atoms with Gasteiger partial charge in [-0.15, -0.1) is 0 Å². The molecule has 2 heterocycles. The van der Waals surface area contributed by atoms with Crippen molar-refractivity contribution >= 4 is 23.2 Å². The summed E-state index contributed by atoms with van der Waals surface area (Å²) in [5.41, 5.74) is 0.